The third-order valence-electron chi connectivity index (χ3n) is 6.93. The number of aromatic amines is 1. The molecule has 11 nitrogen and oxygen atoms in total. The summed E-state index contributed by atoms with van der Waals surface area (Å²) >= 11 is 6.19. The molecule has 3 heterocycles. The van der Waals surface area contributed by atoms with Crippen molar-refractivity contribution in [3.8, 4) is 0 Å². The van der Waals surface area contributed by atoms with Gasteiger partial charge in [0.25, 0.3) is 0 Å². The number of nitrogens with zero attached hydrogens (tertiary/aromatic N) is 2. The zero-order chi connectivity index (χ0) is 26.1. The van der Waals surface area contributed by atoms with Gasteiger partial charge in [-0.25, -0.2) is 14.4 Å². The Hall–Kier alpha value is -3.99. The quantitative estimate of drug-likeness (QED) is 0.387. The maximum atomic E-state index is 12.8. The van der Waals surface area contributed by atoms with Crippen LogP contribution in [0.15, 0.2) is 45.6 Å². The Bertz CT molecular complexity index is 1410. The number of carbonyl (C=O) groups excluding carboxylic acids is 2. The number of hydrogen-bond acceptors (Lipinski definition) is 5. The van der Waals surface area contributed by atoms with Gasteiger partial charge in [-0.15, -0.1) is 0 Å². The minimum atomic E-state index is -1.07. The highest BCUT2D eigenvalue weighted by Gasteiger charge is 2.33. The van der Waals surface area contributed by atoms with Crippen LogP contribution in [0.1, 0.15) is 24.0 Å². The molecule has 4 N–H and O–H groups in total. The van der Waals surface area contributed by atoms with Gasteiger partial charge in [-0.2, -0.15) is 0 Å². The molecule has 2 aromatic carbocycles. The summed E-state index contributed by atoms with van der Waals surface area (Å²) in [5.74, 6) is -2.62. The zero-order valence-electron chi connectivity index (χ0n) is 19.8. The first-order chi connectivity index (χ1) is 17.8. The van der Waals surface area contributed by atoms with Gasteiger partial charge in [0.05, 0.1) is 10.9 Å². The van der Waals surface area contributed by atoms with Crippen LogP contribution < -0.4 is 16.4 Å². The lowest BCUT2D eigenvalue weighted by molar-refractivity contribution is -0.141. The lowest BCUT2D eigenvalue weighted by Crippen LogP contribution is -2.53. The Kier molecular flexibility index (Phi) is 6.79. The Morgan fingerprint density at radius 1 is 1.19 bits per heavy atom. The summed E-state index contributed by atoms with van der Waals surface area (Å²) in [7, 11) is 0. The van der Waals surface area contributed by atoms with Crippen LogP contribution in [0.2, 0.25) is 5.02 Å². The fourth-order valence-electron chi connectivity index (χ4n) is 4.93. The van der Waals surface area contributed by atoms with Gasteiger partial charge >= 0.3 is 23.8 Å². The van der Waals surface area contributed by atoms with Crippen molar-refractivity contribution in [3.63, 3.8) is 0 Å². The largest absolute Gasteiger partial charge is 0.481 e. The Labute approximate surface area is 216 Å². The molecule has 2 aliphatic heterocycles. The number of piperidine rings is 1. The standard InChI is InChI=1S/C25H26ClN5O6/c26-18-10-14(11-20-21(18)29-25(36)37-20)9-16(22(32)33)12-27-23(34)30-7-5-17(6-8-30)31-13-15-3-1-2-4-19(15)28-24(31)35/h1-4,10-11,16-17H,5-9,12-13H2,(H,27,34)(H,28,35)(H,29,36)(H,32,33)/t16-/m1/s1. The minimum absolute atomic E-state index is 0.0114. The van der Waals surface area contributed by atoms with Crippen molar-refractivity contribution < 1.29 is 23.9 Å². The summed E-state index contributed by atoms with van der Waals surface area (Å²) in [5, 5.41) is 15.6. The molecule has 2 aliphatic rings. The summed E-state index contributed by atoms with van der Waals surface area (Å²) < 4.78 is 5.04. The predicted molar refractivity (Wildman–Crippen MR) is 136 cm³/mol. The van der Waals surface area contributed by atoms with Crippen molar-refractivity contribution >= 4 is 46.4 Å². The number of halogens is 1. The molecule has 37 heavy (non-hydrogen) atoms. The van der Waals surface area contributed by atoms with Crippen molar-refractivity contribution in [2.45, 2.75) is 31.8 Å². The fourth-order valence-corrected chi connectivity index (χ4v) is 5.21. The first-order valence-electron chi connectivity index (χ1n) is 12.0. The highest BCUT2D eigenvalue weighted by Crippen LogP contribution is 2.28. The van der Waals surface area contributed by atoms with Crippen LogP contribution in [-0.4, -0.2) is 63.6 Å². The van der Waals surface area contributed by atoms with E-state index in [1.54, 1.807) is 17.0 Å². The van der Waals surface area contributed by atoms with Crippen molar-refractivity contribution in [1.29, 1.82) is 0 Å². The molecule has 194 valence electrons. The second kappa shape index (κ2) is 10.2. The number of aromatic nitrogens is 1. The van der Waals surface area contributed by atoms with Crippen LogP contribution >= 0.6 is 11.6 Å². The summed E-state index contributed by atoms with van der Waals surface area (Å²) in [4.78, 5) is 54.6. The summed E-state index contributed by atoms with van der Waals surface area (Å²) in [6.45, 7) is 1.37. The number of rotatable bonds is 6. The van der Waals surface area contributed by atoms with Crippen molar-refractivity contribution in [2.75, 3.05) is 25.0 Å². The summed E-state index contributed by atoms with van der Waals surface area (Å²) in [6, 6.07) is 10.4. The number of urea groups is 2. The number of aliphatic carboxylic acids is 1. The fraction of sp³-hybridized carbons (Fsp3) is 0.360. The highest BCUT2D eigenvalue weighted by atomic mass is 35.5. The van der Waals surface area contributed by atoms with E-state index in [2.05, 4.69) is 15.6 Å². The molecule has 12 heteroatoms. The molecule has 3 aromatic rings. The summed E-state index contributed by atoms with van der Waals surface area (Å²) in [6.07, 6.45) is 1.35. The van der Waals surface area contributed by atoms with E-state index in [9.17, 15) is 24.3 Å². The molecule has 1 saturated heterocycles. The van der Waals surface area contributed by atoms with Gasteiger partial charge in [-0.3, -0.25) is 9.78 Å². The molecule has 1 aromatic heterocycles. The van der Waals surface area contributed by atoms with Crippen LogP contribution in [0.5, 0.6) is 0 Å². The molecule has 0 unspecified atom stereocenters. The number of carboxylic acid groups (broad SMARTS) is 1. The number of oxazole rings is 1. The average Bonchev–Trinajstić information content (AvgIpc) is 3.26. The number of likely N-dealkylation sites (tertiary alicyclic amines) is 1. The second-order valence-corrected chi connectivity index (χ2v) is 9.73. The number of H-pyrrole nitrogens is 1. The third kappa shape index (κ3) is 5.26. The van der Waals surface area contributed by atoms with E-state index in [-0.39, 0.29) is 41.7 Å². The van der Waals surface area contributed by atoms with Gasteiger partial charge in [0.15, 0.2) is 5.58 Å². The number of nitrogens with one attached hydrogen (secondary N) is 3. The lowest BCUT2D eigenvalue weighted by Gasteiger charge is -2.40. The monoisotopic (exact) mass is 527 g/mol. The van der Waals surface area contributed by atoms with Crippen LogP contribution in [0.3, 0.4) is 0 Å². The van der Waals surface area contributed by atoms with Gasteiger partial charge in [-0.1, -0.05) is 29.8 Å². The first-order valence-corrected chi connectivity index (χ1v) is 12.4. The molecule has 1 atom stereocenters. The Morgan fingerprint density at radius 3 is 2.70 bits per heavy atom. The Balaban J connectivity index is 1.15. The Morgan fingerprint density at radius 2 is 1.95 bits per heavy atom. The SMILES string of the molecule is O=C(O)[C@@H](CNC(=O)N1CCC(N2Cc3ccccc3NC2=O)CC1)Cc1cc(Cl)c2[nH]c(=O)oc2c1. The molecule has 5 rings (SSSR count). The van der Waals surface area contributed by atoms with Gasteiger partial charge in [-0.05, 0) is 48.6 Å². The van der Waals surface area contributed by atoms with E-state index >= 15 is 0 Å². The lowest BCUT2D eigenvalue weighted by atomic mass is 9.99. The van der Waals surface area contributed by atoms with Crippen molar-refractivity contribution in [3.05, 3.63) is 63.1 Å². The second-order valence-electron chi connectivity index (χ2n) is 9.32. The van der Waals surface area contributed by atoms with E-state index in [0.717, 1.165) is 11.3 Å². The number of fused-ring (bicyclic) bond motifs is 2. The van der Waals surface area contributed by atoms with Crippen LogP contribution in [0, 0.1) is 5.92 Å². The van der Waals surface area contributed by atoms with E-state index in [4.69, 9.17) is 16.0 Å². The molecular formula is C25H26ClN5O6. The van der Waals surface area contributed by atoms with E-state index in [1.165, 1.54) is 0 Å². The molecule has 0 radical (unpaired) electrons. The molecule has 1 fully saturated rings. The number of amides is 4. The smallest absolute Gasteiger partial charge is 0.417 e. The number of benzene rings is 2. The number of carbonyl (C=O) groups is 3. The molecular weight excluding hydrogens is 502 g/mol. The first kappa shape index (κ1) is 24.7. The van der Waals surface area contributed by atoms with E-state index in [0.29, 0.717) is 43.6 Å². The van der Waals surface area contributed by atoms with Crippen LogP contribution in [-0.2, 0) is 17.8 Å². The molecule has 4 amide bonds. The summed E-state index contributed by atoms with van der Waals surface area (Å²) in [5.41, 5.74) is 3.05. The number of hydrogen-bond donors (Lipinski definition) is 4. The average molecular weight is 528 g/mol. The van der Waals surface area contributed by atoms with Gasteiger partial charge in [0.2, 0.25) is 0 Å². The van der Waals surface area contributed by atoms with Crippen LogP contribution in [0.4, 0.5) is 15.3 Å². The maximum Gasteiger partial charge on any atom is 0.417 e. The number of para-hydroxylation sites is 1. The number of carboxylic acids is 1. The molecule has 0 saturated carbocycles. The van der Waals surface area contributed by atoms with Gasteiger partial charge in [0, 0.05) is 37.9 Å². The minimum Gasteiger partial charge on any atom is -0.481 e. The normalized spacial score (nSPS) is 16.8. The van der Waals surface area contributed by atoms with Crippen molar-refractivity contribution in [2.24, 2.45) is 5.92 Å². The molecule has 0 bridgehead atoms. The zero-order valence-corrected chi connectivity index (χ0v) is 20.6. The van der Waals surface area contributed by atoms with E-state index < -0.39 is 17.6 Å². The number of anilines is 1. The van der Waals surface area contributed by atoms with Crippen molar-refractivity contribution in [1.82, 2.24) is 20.1 Å². The van der Waals surface area contributed by atoms with E-state index in [1.807, 2.05) is 29.2 Å². The topological polar surface area (TPSA) is 148 Å². The highest BCUT2D eigenvalue weighted by molar-refractivity contribution is 6.34. The molecule has 0 aliphatic carbocycles. The maximum absolute atomic E-state index is 12.8. The van der Waals surface area contributed by atoms with Gasteiger partial charge < -0.3 is 30.0 Å². The predicted octanol–water partition coefficient (Wildman–Crippen LogP) is 3.24. The van der Waals surface area contributed by atoms with Gasteiger partial charge in [0.1, 0.15) is 5.52 Å². The molecule has 0 spiro atoms. The van der Waals surface area contributed by atoms with Crippen LogP contribution in [0.25, 0.3) is 11.1 Å². The third-order valence-corrected chi connectivity index (χ3v) is 7.23.